The van der Waals surface area contributed by atoms with E-state index >= 15 is 0 Å². The molecule has 2 aromatic rings. The minimum Gasteiger partial charge on any atom is -0.443 e. The fraction of sp³-hybridized carbons (Fsp3) is 0.318. The van der Waals surface area contributed by atoms with Gasteiger partial charge in [-0.2, -0.15) is 0 Å². The van der Waals surface area contributed by atoms with Crippen LogP contribution < -0.4 is 5.43 Å². The van der Waals surface area contributed by atoms with E-state index in [0.29, 0.717) is 12.8 Å². The van der Waals surface area contributed by atoms with Gasteiger partial charge >= 0.3 is 12.2 Å². The van der Waals surface area contributed by atoms with Gasteiger partial charge < -0.3 is 9.47 Å². The molecule has 2 rings (SSSR count). The summed E-state index contributed by atoms with van der Waals surface area (Å²) >= 11 is 0. The summed E-state index contributed by atoms with van der Waals surface area (Å²) in [5.41, 5.74) is 3.91. The van der Waals surface area contributed by atoms with E-state index in [1.54, 1.807) is 0 Å². The second-order valence-corrected chi connectivity index (χ2v) is 6.44. The van der Waals surface area contributed by atoms with Crippen molar-refractivity contribution in [2.45, 2.75) is 39.4 Å². The quantitative estimate of drug-likeness (QED) is 0.639. The molecule has 2 amide bonds. The van der Waals surface area contributed by atoms with Crippen LogP contribution in [-0.4, -0.2) is 29.5 Å². The number of hydrazine groups is 1. The van der Waals surface area contributed by atoms with Crippen LogP contribution in [0.15, 0.2) is 60.7 Å². The number of hydrogen-bond donors (Lipinski definition) is 1. The Morgan fingerprint density at radius 3 is 1.97 bits per heavy atom. The number of ketones is 1. The molecule has 0 saturated carbocycles. The number of ether oxygens (including phenoxy) is 2. The van der Waals surface area contributed by atoms with E-state index in [2.05, 4.69) is 5.43 Å². The van der Waals surface area contributed by atoms with Gasteiger partial charge in [0.25, 0.3) is 0 Å². The summed E-state index contributed by atoms with van der Waals surface area (Å²) in [4.78, 5) is 36.6. The summed E-state index contributed by atoms with van der Waals surface area (Å²) in [6, 6.07) is 18.3. The highest BCUT2D eigenvalue weighted by Gasteiger charge is 2.21. The van der Waals surface area contributed by atoms with Gasteiger partial charge in [0.15, 0.2) is 5.78 Å². The molecule has 0 bridgehead atoms. The van der Waals surface area contributed by atoms with Crippen molar-refractivity contribution in [2.75, 3.05) is 6.54 Å². The third kappa shape index (κ3) is 8.47. The average molecular weight is 398 g/mol. The van der Waals surface area contributed by atoms with Crippen molar-refractivity contribution in [3.63, 3.8) is 0 Å². The molecule has 2 aromatic carbocycles. The van der Waals surface area contributed by atoms with Crippen LogP contribution in [0.3, 0.4) is 0 Å². The summed E-state index contributed by atoms with van der Waals surface area (Å²) in [6.45, 7) is 1.76. The van der Waals surface area contributed by atoms with Crippen LogP contribution in [-0.2, 0) is 27.5 Å². The number of nitrogens with one attached hydrogen (secondary N) is 1. The smallest absolute Gasteiger partial charge is 0.429 e. The van der Waals surface area contributed by atoms with E-state index in [4.69, 9.17) is 9.47 Å². The number of rotatable bonds is 9. The van der Waals surface area contributed by atoms with Crippen LogP contribution in [0.25, 0.3) is 0 Å². The van der Waals surface area contributed by atoms with Gasteiger partial charge in [-0.1, -0.05) is 74.0 Å². The Morgan fingerprint density at radius 2 is 1.41 bits per heavy atom. The minimum absolute atomic E-state index is 0.0278. The Kier molecular flexibility index (Phi) is 9.21. The van der Waals surface area contributed by atoms with Crippen molar-refractivity contribution in [3.05, 3.63) is 71.8 Å². The maximum absolute atomic E-state index is 12.4. The second-order valence-electron chi connectivity index (χ2n) is 6.44. The van der Waals surface area contributed by atoms with Crippen molar-refractivity contribution < 1.29 is 23.9 Å². The summed E-state index contributed by atoms with van der Waals surface area (Å²) in [6.07, 6.45) is 0.227. The molecule has 0 heterocycles. The number of amides is 2. The van der Waals surface area contributed by atoms with Crippen molar-refractivity contribution >= 4 is 18.0 Å². The molecule has 0 spiro atoms. The molecule has 0 aliphatic carbocycles. The molecule has 29 heavy (non-hydrogen) atoms. The van der Waals surface area contributed by atoms with E-state index in [9.17, 15) is 14.4 Å². The highest BCUT2D eigenvalue weighted by molar-refractivity contribution is 5.85. The fourth-order valence-corrected chi connectivity index (χ4v) is 2.44. The zero-order valence-electron chi connectivity index (χ0n) is 16.5. The number of Topliss-reactive ketones (excluding diaryl/α,β-unsaturated/α-hetero) is 1. The summed E-state index contributed by atoms with van der Waals surface area (Å²) in [5, 5.41) is 0.855. The number of hydrogen-bond acceptors (Lipinski definition) is 5. The highest BCUT2D eigenvalue weighted by atomic mass is 16.6. The predicted molar refractivity (Wildman–Crippen MR) is 108 cm³/mol. The predicted octanol–water partition coefficient (Wildman–Crippen LogP) is 4.23. The normalized spacial score (nSPS) is 10.1. The zero-order chi connectivity index (χ0) is 20.9. The largest absolute Gasteiger partial charge is 0.443 e. The topological polar surface area (TPSA) is 84.9 Å². The van der Waals surface area contributed by atoms with Crippen molar-refractivity contribution in [1.82, 2.24) is 10.4 Å². The van der Waals surface area contributed by atoms with Crippen LogP contribution in [0.1, 0.15) is 37.3 Å². The zero-order valence-corrected chi connectivity index (χ0v) is 16.5. The SMILES string of the molecule is CCCCC(=O)CN(NC(=O)OCc1ccccc1)C(=O)OCc1ccccc1. The number of nitrogens with zero attached hydrogens (tertiary/aromatic N) is 1. The summed E-state index contributed by atoms with van der Waals surface area (Å²) in [7, 11) is 0. The van der Waals surface area contributed by atoms with Crippen molar-refractivity contribution in [3.8, 4) is 0 Å². The maximum Gasteiger partial charge on any atom is 0.429 e. The molecule has 0 aromatic heterocycles. The third-order valence-electron chi connectivity index (χ3n) is 4.01. The Morgan fingerprint density at radius 1 is 0.862 bits per heavy atom. The molecule has 0 unspecified atom stereocenters. The van der Waals surface area contributed by atoms with E-state index in [1.807, 2.05) is 67.6 Å². The molecule has 0 atom stereocenters. The molecular formula is C22H26N2O5. The standard InChI is InChI=1S/C22H26N2O5/c1-2-3-14-20(25)15-24(22(27)29-17-19-12-8-5-9-13-19)23-21(26)28-16-18-10-6-4-7-11-18/h4-13H,2-3,14-17H2,1H3,(H,23,26). The van der Waals surface area contributed by atoms with Crippen LogP contribution in [0.4, 0.5) is 9.59 Å². The van der Waals surface area contributed by atoms with Gasteiger partial charge in [-0.15, -0.1) is 0 Å². The lowest BCUT2D eigenvalue weighted by Crippen LogP contribution is -2.49. The molecule has 0 aliphatic rings. The number of benzene rings is 2. The van der Waals surface area contributed by atoms with Gasteiger partial charge in [0.05, 0.1) is 0 Å². The highest BCUT2D eigenvalue weighted by Crippen LogP contribution is 2.05. The molecule has 7 heteroatoms. The first-order valence-electron chi connectivity index (χ1n) is 9.55. The van der Waals surface area contributed by atoms with Gasteiger partial charge in [-0.3, -0.25) is 4.79 Å². The van der Waals surface area contributed by atoms with Gasteiger partial charge in [-0.25, -0.2) is 20.0 Å². The van der Waals surface area contributed by atoms with Crippen LogP contribution in [0.5, 0.6) is 0 Å². The maximum atomic E-state index is 12.4. The monoisotopic (exact) mass is 398 g/mol. The van der Waals surface area contributed by atoms with Gasteiger partial charge in [0.2, 0.25) is 0 Å². The van der Waals surface area contributed by atoms with Gasteiger partial charge in [0.1, 0.15) is 19.8 Å². The van der Waals surface area contributed by atoms with Crippen LogP contribution in [0, 0.1) is 0 Å². The summed E-state index contributed by atoms with van der Waals surface area (Å²) < 4.78 is 10.3. The molecule has 7 nitrogen and oxygen atoms in total. The molecule has 0 aliphatic heterocycles. The van der Waals surface area contributed by atoms with E-state index < -0.39 is 12.2 Å². The lowest BCUT2D eigenvalue weighted by Gasteiger charge is -2.22. The van der Waals surface area contributed by atoms with Crippen molar-refractivity contribution in [2.24, 2.45) is 0 Å². The van der Waals surface area contributed by atoms with E-state index in [1.165, 1.54) is 0 Å². The number of carbonyl (C=O) groups is 3. The Bertz CT molecular complexity index is 780. The third-order valence-corrected chi connectivity index (χ3v) is 4.01. The summed E-state index contributed by atoms with van der Waals surface area (Å²) in [5.74, 6) is -0.174. The molecule has 0 saturated heterocycles. The molecular weight excluding hydrogens is 372 g/mol. The first kappa shape index (κ1) is 21.9. The molecule has 0 radical (unpaired) electrons. The Labute approximate surface area is 170 Å². The number of unbranched alkanes of at least 4 members (excludes halogenated alkanes) is 1. The lowest BCUT2D eigenvalue weighted by atomic mass is 10.2. The minimum atomic E-state index is -0.839. The molecule has 0 fully saturated rings. The molecule has 154 valence electrons. The van der Waals surface area contributed by atoms with E-state index in [0.717, 1.165) is 22.6 Å². The van der Waals surface area contributed by atoms with Gasteiger partial charge in [-0.05, 0) is 17.5 Å². The fourth-order valence-electron chi connectivity index (χ4n) is 2.44. The lowest BCUT2D eigenvalue weighted by molar-refractivity contribution is -0.120. The second kappa shape index (κ2) is 12.2. The van der Waals surface area contributed by atoms with E-state index in [-0.39, 0.29) is 25.5 Å². The first-order valence-corrected chi connectivity index (χ1v) is 9.55. The van der Waals surface area contributed by atoms with Gasteiger partial charge in [0, 0.05) is 6.42 Å². The van der Waals surface area contributed by atoms with Crippen molar-refractivity contribution in [1.29, 1.82) is 0 Å². The van der Waals surface area contributed by atoms with Crippen LogP contribution >= 0.6 is 0 Å². The molecule has 1 N–H and O–H groups in total. The Hall–Kier alpha value is -3.35. The van der Waals surface area contributed by atoms with Crippen LogP contribution in [0.2, 0.25) is 0 Å². The average Bonchev–Trinajstić information content (AvgIpc) is 2.75. The Balaban J connectivity index is 1.92. The first-order chi connectivity index (χ1) is 14.1. The number of carbonyl (C=O) groups excluding carboxylic acids is 3.